The molecule has 0 atom stereocenters. The van der Waals surface area contributed by atoms with Gasteiger partial charge in [-0.1, -0.05) is 26.0 Å². The molecule has 3 rings (SSSR count). The monoisotopic (exact) mass is 350 g/mol. The highest BCUT2D eigenvalue weighted by Crippen LogP contribution is 2.36. The molecule has 0 aromatic heterocycles. The van der Waals surface area contributed by atoms with Gasteiger partial charge >= 0.3 is 0 Å². The molecular formula is C22H26N2O2. The number of anilines is 1. The molecule has 26 heavy (non-hydrogen) atoms. The van der Waals surface area contributed by atoms with Crippen LogP contribution in [0.25, 0.3) is 0 Å². The summed E-state index contributed by atoms with van der Waals surface area (Å²) in [6.07, 6.45) is 4.06. The zero-order valence-corrected chi connectivity index (χ0v) is 15.9. The Labute approximate surface area is 155 Å². The normalized spacial score (nSPS) is 17.5. The van der Waals surface area contributed by atoms with Gasteiger partial charge in [0.15, 0.2) is 0 Å². The second-order valence-corrected chi connectivity index (χ2v) is 7.32. The van der Waals surface area contributed by atoms with E-state index in [0.717, 1.165) is 41.4 Å². The fourth-order valence-electron chi connectivity index (χ4n) is 3.26. The van der Waals surface area contributed by atoms with Crippen molar-refractivity contribution in [1.29, 1.82) is 0 Å². The van der Waals surface area contributed by atoms with Gasteiger partial charge in [0.25, 0.3) is 0 Å². The van der Waals surface area contributed by atoms with Crippen LogP contribution in [0.3, 0.4) is 0 Å². The van der Waals surface area contributed by atoms with Crippen LogP contribution in [-0.2, 0) is 0 Å². The lowest BCUT2D eigenvalue weighted by Gasteiger charge is -2.31. The van der Waals surface area contributed by atoms with E-state index < -0.39 is 0 Å². The summed E-state index contributed by atoms with van der Waals surface area (Å²) in [6.45, 7) is 4.54. The van der Waals surface area contributed by atoms with E-state index in [2.05, 4.69) is 25.2 Å². The predicted molar refractivity (Wildman–Crippen MR) is 108 cm³/mol. The zero-order chi connectivity index (χ0) is 18.6. The van der Waals surface area contributed by atoms with Crippen LogP contribution in [-0.4, -0.2) is 19.9 Å². The first-order valence-electron chi connectivity index (χ1n) is 8.81. The van der Waals surface area contributed by atoms with Crippen LogP contribution in [0, 0.1) is 5.41 Å². The molecule has 0 amide bonds. The second-order valence-electron chi connectivity index (χ2n) is 7.32. The number of para-hydroxylation sites is 2. The molecular weight excluding hydrogens is 324 g/mol. The number of nitrogens with one attached hydrogen (secondary N) is 1. The number of benzene rings is 2. The number of hydrogen-bond donors (Lipinski definition) is 1. The Bertz CT molecular complexity index is 820. The standard InChI is InChI=1S/C22H26N2O2/c1-22(2)14-17(23-16-9-11-19(25-3)12-10-16)13-18(15-22)24-20-7-5-6-8-21(20)26-4/h5-13,23H,14-15H2,1-4H3. The van der Waals surface area contributed by atoms with E-state index in [1.165, 1.54) is 5.70 Å². The average molecular weight is 350 g/mol. The third kappa shape index (κ3) is 4.45. The van der Waals surface area contributed by atoms with Crippen molar-refractivity contribution in [3.63, 3.8) is 0 Å². The van der Waals surface area contributed by atoms with Gasteiger partial charge in [-0.2, -0.15) is 0 Å². The van der Waals surface area contributed by atoms with Crippen LogP contribution in [0.2, 0.25) is 0 Å². The largest absolute Gasteiger partial charge is 0.497 e. The van der Waals surface area contributed by atoms with Gasteiger partial charge in [0.1, 0.15) is 17.2 Å². The van der Waals surface area contributed by atoms with Crippen LogP contribution in [0.4, 0.5) is 11.4 Å². The minimum Gasteiger partial charge on any atom is -0.497 e. The highest BCUT2D eigenvalue weighted by molar-refractivity contribution is 5.99. The second kappa shape index (κ2) is 7.65. The average Bonchev–Trinajstić information content (AvgIpc) is 2.61. The minimum absolute atomic E-state index is 0.143. The molecule has 2 aromatic rings. The molecule has 4 heteroatoms. The van der Waals surface area contributed by atoms with Crippen LogP contribution < -0.4 is 14.8 Å². The molecule has 0 saturated heterocycles. The molecule has 0 aliphatic heterocycles. The summed E-state index contributed by atoms with van der Waals surface area (Å²) in [7, 11) is 3.35. The van der Waals surface area contributed by atoms with Crippen molar-refractivity contribution >= 4 is 17.1 Å². The smallest absolute Gasteiger partial charge is 0.144 e. The van der Waals surface area contributed by atoms with E-state index in [0.29, 0.717) is 0 Å². The van der Waals surface area contributed by atoms with Gasteiger partial charge in [-0.25, -0.2) is 4.99 Å². The molecule has 2 aromatic carbocycles. The van der Waals surface area contributed by atoms with Crippen LogP contribution in [0.15, 0.2) is 65.3 Å². The molecule has 136 valence electrons. The molecule has 1 N–H and O–H groups in total. The van der Waals surface area contributed by atoms with Gasteiger partial charge in [-0.3, -0.25) is 0 Å². The predicted octanol–water partition coefficient (Wildman–Crippen LogP) is 5.59. The number of rotatable bonds is 5. The maximum atomic E-state index is 5.43. The van der Waals surface area contributed by atoms with E-state index in [1.807, 2.05) is 48.5 Å². The third-order valence-electron chi connectivity index (χ3n) is 4.41. The van der Waals surface area contributed by atoms with Gasteiger partial charge in [-0.05, 0) is 60.7 Å². The van der Waals surface area contributed by atoms with Crippen LogP contribution in [0.5, 0.6) is 11.5 Å². The summed E-state index contributed by atoms with van der Waals surface area (Å²) >= 11 is 0. The third-order valence-corrected chi connectivity index (χ3v) is 4.41. The van der Waals surface area contributed by atoms with Crippen molar-refractivity contribution < 1.29 is 9.47 Å². The van der Waals surface area contributed by atoms with E-state index in [9.17, 15) is 0 Å². The SMILES string of the molecule is COc1ccc(NC2=CC(=Nc3ccccc3OC)CC(C)(C)C2)cc1. The molecule has 0 unspecified atom stereocenters. The number of hydrogen-bond acceptors (Lipinski definition) is 4. The topological polar surface area (TPSA) is 42.8 Å². The molecule has 0 heterocycles. The molecule has 0 fully saturated rings. The maximum Gasteiger partial charge on any atom is 0.144 e. The van der Waals surface area contributed by atoms with Gasteiger partial charge < -0.3 is 14.8 Å². The lowest BCUT2D eigenvalue weighted by molar-refractivity contribution is 0.374. The number of aliphatic imine (C=N–C) groups is 1. The summed E-state index contributed by atoms with van der Waals surface area (Å²) in [6, 6.07) is 15.8. The quantitative estimate of drug-likeness (QED) is 0.764. The summed E-state index contributed by atoms with van der Waals surface area (Å²) in [5, 5.41) is 3.53. The lowest BCUT2D eigenvalue weighted by atomic mass is 9.78. The molecule has 0 saturated carbocycles. The van der Waals surface area contributed by atoms with Crippen molar-refractivity contribution in [2.75, 3.05) is 19.5 Å². The number of nitrogens with zero attached hydrogens (tertiary/aromatic N) is 1. The highest BCUT2D eigenvalue weighted by atomic mass is 16.5. The Morgan fingerprint density at radius 2 is 1.65 bits per heavy atom. The Kier molecular flexibility index (Phi) is 5.31. The summed E-state index contributed by atoms with van der Waals surface area (Å²) in [4.78, 5) is 4.86. The maximum absolute atomic E-state index is 5.43. The fourth-order valence-corrected chi connectivity index (χ4v) is 3.26. The first kappa shape index (κ1) is 18.1. The van der Waals surface area contributed by atoms with Gasteiger partial charge in [0.05, 0.1) is 14.2 Å². The molecule has 0 bridgehead atoms. The first-order chi connectivity index (χ1) is 12.5. The van der Waals surface area contributed by atoms with Gasteiger partial charge in [0.2, 0.25) is 0 Å². The highest BCUT2D eigenvalue weighted by Gasteiger charge is 2.26. The minimum atomic E-state index is 0.143. The van der Waals surface area contributed by atoms with Crippen molar-refractivity contribution in [3.8, 4) is 11.5 Å². The number of ether oxygens (including phenoxy) is 2. The molecule has 0 radical (unpaired) electrons. The Morgan fingerprint density at radius 3 is 2.35 bits per heavy atom. The Balaban J connectivity index is 1.88. The molecule has 1 aliphatic rings. The van der Waals surface area contributed by atoms with E-state index in [4.69, 9.17) is 14.5 Å². The van der Waals surface area contributed by atoms with Crippen molar-refractivity contribution in [3.05, 3.63) is 60.3 Å². The Morgan fingerprint density at radius 1 is 0.923 bits per heavy atom. The fraction of sp³-hybridized carbons (Fsp3) is 0.318. The van der Waals surface area contributed by atoms with Gasteiger partial charge in [-0.15, -0.1) is 0 Å². The summed E-state index contributed by atoms with van der Waals surface area (Å²) in [5.41, 5.74) is 4.28. The van der Waals surface area contributed by atoms with E-state index in [-0.39, 0.29) is 5.41 Å². The molecule has 1 aliphatic carbocycles. The van der Waals surface area contributed by atoms with Crippen molar-refractivity contribution in [1.82, 2.24) is 0 Å². The molecule has 4 nitrogen and oxygen atoms in total. The summed E-state index contributed by atoms with van der Waals surface area (Å²) < 4.78 is 10.7. The number of methoxy groups -OCH3 is 2. The van der Waals surface area contributed by atoms with E-state index >= 15 is 0 Å². The van der Waals surface area contributed by atoms with Crippen LogP contribution >= 0.6 is 0 Å². The van der Waals surface area contributed by atoms with Crippen molar-refractivity contribution in [2.45, 2.75) is 26.7 Å². The number of allylic oxidation sites excluding steroid dienone is 2. The van der Waals surface area contributed by atoms with Crippen LogP contribution in [0.1, 0.15) is 26.7 Å². The summed E-state index contributed by atoms with van der Waals surface area (Å²) in [5.74, 6) is 1.65. The first-order valence-corrected chi connectivity index (χ1v) is 8.81. The Hall–Kier alpha value is -2.75. The zero-order valence-electron chi connectivity index (χ0n) is 15.9. The molecule has 0 spiro atoms. The van der Waals surface area contributed by atoms with Crippen molar-refractivity contribution in [2.24, 2.45) is 10.4 Å². The lowest BCUT2D eigenvalue weighted by Crippen LogP contribution is -2.24. The van der Waals surface area contributed by atoms with Gasteiger partial charge in [0, 0.05) is 17.1 Å². The van der Waals surface area contributed by atoms with E-state index in [1.54, 1.807) is 14.2 Å².